The number of aromatic nitrogens is 1. The average molecular weight is 307 g/mol. The molecule has 0 amide bonds. The predicted molar refractivity (Wildman–Crippen MR) is 78.1 cm³/mol. The van der Waals surface area contributed by atoms with Gasteiger partial charge in [0.05, 0.1) is 38.3 Å². The van der Waals surface area contributed by atoms with Crippen molar-refractivity contribution in [2.45, 2.75) is 24.5 Å². The van der Waals surface area contributed by atoms with Crippen LogP contribution < -0.4 is 0 Å². The predicted octanol–water partition coefficient (Wildman–Crippen LogP) is 3.92. The van der Waals surface area contributed by atoms with E-state index in [2.05, 4.69) is 4.98 Å². The summed E-state index contributed by atoms with van der Waals surface area (Å²) in [6, 6.07) is 5.64. The second kappa shape index (κ2) is 5.38. The molecular formula is C14H13NO3S2. The molecule has 1 atom stereocenters. The van der Waals surface area contributed by atoms with Gasteiger partial charge in [-0.2, -0.15) is 0 Å². The minimum absolute atomic E-state index is 0.334. The van der Waals surface area contributed by atoms with Crippen LogP contribution in [0.4, 0.5) is 0 Å². The number of thiophene rings is 1. The summed E-state index contributed by atoms with van der Waals surface area (Å²) in [5.74, 6) is 2.32. The molecule has 0 aliphatic rings. The molecule has 0 saturated carbocycles. The van der Waals surface area contributed by atoms with E-state index in [1.807, 2.05) is 24.4 Å². The first-order valence-corrected chi connectivity index (χ1v) is 8.27. The lowest BCUT2D eigenvalue weighted by Gasteiger charge is -1.98. The summed E-state index contributed by atoms with van der Waals surface area (Å²) in [7, 11) is -1.17. The summed E-state index contributed by atoms with van der Waals surface area (Å²) < 4.78 is 23.1. The first-order valence-electron chi connectivity index (χ1n) is 6.08. The third-order valence-corrected chi connectivity index (χ3v) is 5.26. The highest BCUT2D eigenvalue weighted by Crippen LogP contribution is 2.27. The number of hydrogen-bond donors (Lipinski definition) is 0. The molecule has 0 bridgehead atoms. The third-order valence-electron chi connectivity index (χ3n) is 2.95. The number of oxazole rings is 1. The van der Waals surface area contributed by atoms with Gasteiger partial charge in [0.15, 0.2) is 0 Å². The number of furan rings is 1. The fraction of sp³-hybridized carbons (Fsp3) is 0.214. The van der Waals surface area contributed by atoms with E-state index in [1.165, 1.54) is 0 Å². The van der Waals surface area contributed by atoms with E-state index in [9.17, 15) is 4.21 Å². The van der Waals surface area contributed by atoms with Crippen molar-refractivity contribution in [3.05, 3.63) is 47.1 Å². The van der Waals surface area contributed by atoms with Gasteiger partial charge in [0.1, 0.15) is 11.5 Å². The molecule has 0 fully saturated rings. The molecule has 0 aromatic carbocycles. The Labute approximate surface area is 122 Å². The number of rotatable bonds is 4. The second-order valence-corrected chi connectivity index (χ2v) is 6.70. The summed E-state index contributed by atoms with van der Waals surface area (Å²) in [5, 5.41) is 1.97. The summed E-state index contributed by atoms with van der Waals surface area (Å²) in [6.07, 6.45) is 1.55. The molecule has 104 valence electrons. The molecule has 4 nitrogen and oxygen atoms in total. The minimum Gasteiger partial charge on any atom is -0.468 e. The lowest BCUT2D eigenvalue weighted by molar-refractivity contribution is 0.525. The van der Waals surface area contributed by atoms with Crippen LogP contribution in [0.2, 0.25) is 0 Å². The number of nitrogens with zero attached hydrogens (tertiary/aromatic N) is 1. The van der Waals surface area contributed by atoms with Crippen molar-refractivity contribution in [2.24, 2.45) is 0 Å². The van der Waals surface area contributed by atoms with E-state index in [-0.39, 0.29) is 0 Å². The van der Waals surface area contributed by atoms with Gasteiger partial charge in [-0.05, 0) is 31.4 Å². The Morgan fingerprint density at radius 2 is 2.15 bits per heavy atom. The van der Waals surface area contributed by atoms with Gasteiger partial charge in [0.25, 0.3) is 0 Å². The summed E-state index contributed by atoms with van der Waals surface area (Å²) in [5.41, 5.74) is 0.729. The van der Waals surface area contributed by atoms with Crippen LogP contribution in [0.3, 0.4) is 0 Å². The van der Waals surface area contributed by atoms with Gasteiger partial charge < -0.3 is 8.83 Å². The van der Waals surface area contributed by atoms with Gasteiger partial charge in [-0.1, -0.05) is 6.07 Å². The molecule has 3 aromatic rings. The Morgan fingerprint density at radius 3 is 2.80 bits per heavy atom. The highest BCUT2D eigenvalue weighted by atomic mass is 32.2. The van der Waals surface area contributed by atoms with Crippen LogP contribution in [-0.2, 0) is 16.6 Å². The maximum absolute atomic E-state index is 12.3. The monoisotopic (exact) mass is 307 g/mol. The quantitative estimate of drug-likeness (QED) is 0.733. The van der Waals surface area contributed by atoms with E-state index < -0.39 is 10.8 Å². The Bertz CT molecular complexity index is 740. The molecule has 0 saturated heterocycles. The minimum atomic E-state index is -1.17. The van der Waals surface area contributed by atoms with E-state index in [0.717, 1.165) is 10.6 Å². The Balaban J connectivity index is 1.85. The van der Waals surface area contributed by atoms with Crippen LogP contribution in [0, 0.1) is 13.8 Å². The molecule has 0 aliphatic heterocycles. The normalized spacial score (nSPS) is 12.7. The Hall–Kier alpha value is -1.66. The molecule has 0 unspecified atom stereocenters. The van der Waals surface area contributed by atoms with Crippen molar-refractivity contribution in [3.8, 4) is 10.8 Å². The van der Waals surface area contributed by atoms with Crippen molar-refractivity contribution in [2.75, 3.05) is 0 Å². The molecule has 0 radical (unpaired) electrons. The molecule has 0 N–H and O–H groups in total. The zero-order valence-corrected chi connectivity index (χ0v) is 12.7. The molecule has 3 heterocycles. The van der Waals surface area contributed by atoms with Crippen molar-refractivity contribution in [3.63, 3.8) is 0 Å². The summed E-state index contributed by atoms with van der Waals surface area (Å²) in [6.45, 7) is 3.65. The highest BCUT2D eigenvalue weighted by Gasteiger charge is 2.17. The molecule has 6 heteroatoms. The first kappa shape index (κ1) is 13.3. The van der Waals surface area contributed by atoms with Gasteiger partial charge in [-0.3, -0.25) is 4.21 Å². The number of hydrogen-bond acceptors (Lipinski definition) is 5. The van der Waals surface area contributed by atoms with E-state index in [1.54, 1.807) is 30.6 Å². The average Bonchev–Trinajstić information content (AvgIpc) is 3.11. The van der Waals surface area contributed by atoms with Crippen molar-refractivity contribution in [1.29, 1.82) is 0 Å². The SMILES string of the molecule is Cc1occc1[S@](=O)Cc1nc(-c2cccs2)oc1C. The van der Waals surface area contributed by atoms with Crippen LogP contribution in [0.5, 0.6) is 0 Å². The maximum Gasteiger partial charge on any atom is 0.236 e. The largest absolute Gasteiger partial charge is 0.468 e. The summed E-state index contributed by atoms with van der Waals surface area (Å²) >= 11 is 1.57. The topological polar surface area (TPSA) is 56.2 Å². The van der Waals surface area contributed by atoms with Crippen LogP contribution in [0.15, 0.2) is 43.6 Å². The fourth-order valence-electron chi connectivity index (χ4n) is 1.88. The molecular weight excluding hydrogens is 294 g/mol. The van der Waals surface area contributed by atoms with Crippen molar-refractivity contribution >= 4 is 22.1 Å². The first-order chi connectivity index (χ1) is 9.65. The zero-order valence-electron chi connectivity index (χ0n) is 11.1. The van der Waals surface area contributed by atoms with Gasteiger partial charge in [0.2, 0.25) is 5.89 Å². The van der Waals surface area contributed by atoms with Gasteiger partial charge >= 0.3 is 0 Å². The van der Waals surface area contributed by atoms with Gasteiger partial charge in [0, 0.05) is 0 Å². The maximum atomic E-state index is 12.3. The molecule has 3 aromatic heterocycles. The summed E-state index contributed by atoms with van der Waals surface area (Å²) in [4.78, 5) is 6.14. The second-order valence-electron chi connectivity index (χ2n) is 4.33. The molecule has 0 spiro atoms. The van der Waals surface area contributed by atoms with Crippen LogP contribution in [-0.4, -0.2) is 9.19 Å². The molecule has 20 heavy (non-hydrogen) atoms. The van der Waals surface area contributed by atoms with Crippen LogP contribution in [0.25, 0.3) is 10.8 Å². The number of aryl methyl sites for hydroxylation is 2. The van der Waals surface area contributed by atoms with Crippen LogP contribution in [0.1, 0.15) is 17.2 Å². The lowest BCUT2D eigenvalue weighted by atomic mass is 10.4. The Morgan fingerprint density at radius 1 is 1.30 bits per heavy atom. The van der Waals surface area contributed by atoms with Crippen LogP contribution >= 0.6 is 11.3 Å². The standard InChI is InChI=1S/C14H13NO3S2/c1-9-11(8-20(16)13-5-6-17-10(13)2)15-14(18-9)12-4-3-7-19-12/h3-7H,8H2,1-2H3/t20-/m1/s1. The molecule has 3 rings (SSSR count). The van der Waals surface area contributed by atoms with E-state index in [4.69, 9.17) is 8.83 Å². The van der Waals surface area contributed by atoms with Gasteiger partial charge in [-0.15, -0.1) is 11.3 Å². The van der Waals surface area contributed by atoms with Crippen molar-refractivity contribution < 1.29 is 13.0 Å². The molecule has 0 aliphatic carbocycles. The zero-order chi connectivity index (χ0) is 14.1. The Kier molecular flexibility index (Phi) is 3.58. The third kappa shape index (κ3) is 2.48. The lowest BCUT2D eigenvalue weighted by Crippen LogP contribution is -1.98. The van der Waals surface area contributed by atoms with E-state index in [0.29, 0.717) is 28.1 Å². The highest BCUT2D eigenvalue weighted by molar-refractivity contribution is 7.84. The van der Waals surface area contributed by atoms with Gasteiger partial charge in [-0.25, -0.2) is 4.98 Å². The van der Waals surface area contributed by atoms with E-state index >= 15 is 0 Å². The fourth-order valence-corrected chi connectivity index (χ4v) is 3.78. The van der Waals surface area contributed by atoms with Crippen molar-refractivity contribution in [1.82, 2.24) is 4.98 Å². The smallest absolute Gasteiger partial charge is 0.236 e.